The number of carboxylic acids is 1. The van der Waals surface area contributed by atoms with E-state index < -0.39 is 11.5 Å². The first-order chi connectivity index (χ1) is 10.1. The molecule has 1 aromatic carbocycles. The predicted octanol–water partition coefficient (Wildman–Crippen LogP) is 1.99. The van der Waals surface area contributed by atoms with Crippen molar-refractivity contribution >= 4 is 17.0 Å². The number of rotatable bonds is 2. The molecule has 0 saturated heterocycles. The summed E-state index contributed by atoms with van der Waals surface area (Å²) >= 11 is 0. The fourth-order valence-corrected chi connectivity index (χ4v) is 2.08. The number of para-hydroxylation sites is 1. The monoisotopic (exact) mass is 282 g/mol. The second-order valence-electron chi connectivity index (χ2n) is 4.47. The Hall–Kier alpha value is -3.15. The third kappa shape index (κ3) is 2.23. The molecule has 3 N–H and O–H groups in total. The van der Waals surface area contributed by atoms with Gasteiger partial charge in [-0.2, -0.15) is 0 Å². The van der Waals surface area contributed by atoms with Crippen molar-refractivity contribution in [2.75, 3.05) is 0 Å². The minimum absolute atomic E-state index is 0.0776. The zero-order valence-electron chi connectivity index (χ0n) is 10.7. The average Bonchev–Trinajstić information content (AvgIpc) is 2.46. The number of pyridine rings is 2. The number of H-pyrrole nitrogens is 1. The van der Waals surface area contributed by atoms with E-state index in [1.165, 1.54) is 12.1 Å². The summed E-state index contributed by atoms with van der Waals surface area (Å²) in [6.07, 6.45) is 0. The first-order valence-electron chi connectivity index (χ1n) is 6.12. The number of nitrogens with one attached hydrogen (secondary N) is 1. The molecule has 6 heteroatoms. The number of benzene rings is 1. The fraction of sp³-hybridized carbons (Fsp3) is 0. The van der Waals surface area contributed by atoms with Crippen LogP contribution in [0.3, 0.4) is 0 Å². The van der Waals surface area contributed by atoms with Gasteiger partial charge in [0.15, 0.2) is 0 Å². The van der Waals surface area contributed by atoms with Crippen LogP contribution >= 0.6 is 0 Å². The molecule has 0 radical (unpaired) electrons. The second-order valence-corrected chi connectivity index (χ2v) is 4.47. The van der Waals surface area contributed by atoms with E-state index in [1.807, 2.05) is 0 Å². The summed E-state index contributed by atoms with van der Waals surface area (Å²) in [6, 6.07) is 11.3. The van der Waals surface area contributed by atoms with Crippen molar-refractivity contribution in [1.82, 2.24) is 9.97 Å². The SMILES string of the molecule is O=C(O)c1cc2ccc(-c3ccccc3O)nc2[nH]c1=O. The van der Waals surface area contributed by atoms with Crippen molar-refractivity contribution < 1.29 is 15.0 Å². The number of nitrogens with zero attached hydrogens (tertiary/aromatic N) is 1. The summed E-state index contributed by atoms with van der Waals surface area (Å²) in [5, 5.41) is 19.2. The van der Waals surface area contributed by atoms with Gasteiger partial charge >= 0.3 is 5.97 Å². The van der Waals surface area contributed by atoms with Crippen LogP contribution in [0.5, 0.6) is 5.75 Å². The van der Waals surface area contributed by atoms with Gasteiger partial charge in [0.2, 0.25) is 0 Å². The molecular weight excluding hydrogens is 272 g/mol. The Labute approximate surface area is 118 Å². The Morgan fingerprint density at radius 3 is 2.62 bits per heavy atom. The summed E-state index contributed by atoms with van der Waals surface area (Å²) in [5.74, 6) is -1.21. The number of phenolic OH excluding ortho intramolecular Hbond substituents is 1. The lowest BCUT2D eigenvalue weighted by Crippen LogP contribution is -2.17. The Bertz CT molecular complexity index is 915. The van der Waals surface area contributed by atoms with Gasteiger partial charge in [0.1, 0.15) is 17.0 Å². The Kier molecular flexibility index (Phi) is 2.91. The number of hydrogen-bond donors (Lipinski definition) is 3. The number of aromatic amines is 1. The predicted molar refractivity (Wildman–Crippen MR) is 76.4 cm³/mol. The summed E-state index contributed by atoms with van der Waals surface area (Å²) < 4.78 is 0. The number of aromatic carboxylic acids is 1. The van der Waals surface area contributed by atoms with Crippen molar-refractivity contribution in [3.05, 3.63) is 58.4 Å². The Morgan fingerprint density at radius 2 is 1.90 bits per heavy atom. The number of phenols is 1. The molecule has 0 fully saturated rings. The van der Waals surface area contributed by atoms with Crippen LogP contribution in [0.4, 0.5) is 0 Å². The van der Waals surface area contributed by atoms with Gasteiger partial charge in [0.25, 0.3) is 5.56 Å². The van der Waals surface area contributed by atoms with Crippen molar-refractivity contribution in [2.24, 2.45) is 0 Å². The second kappa shape index (κ2) is 4.75. The van der Waals surface area contributed by atoms with E-state index >= 15 is 0 Å². The highest BCUT2D eigenvalue weighted by molar-refractivity contribution is 5.92. The minimum Gasteiger partial charge on any atom is -0.507 e. The quantitative estimate of drug-likeness (QED) is 0.667. The molecule has 0 saturated carbocycles. The van der Waals surface area contributed by atoms with Crippen LogP contribution in [-0.4, -0.2) is 26.2 Å². The third-order valence-corrected chi connectivity index (χ3v) is 3.11. The molecule has 3 rings (SSSR count). The average molecular weight is 282 g/mol. The van der Waals surface area contributed by atoms with Crippen LogP contribution in [0.2, 0.25) is 0 Å². The molecule has 2 heterocycles. The van der Waals surface area contributed by atoms with E-state index in [4.69, 9.17) is 5.11 Å². The molecule has 0 unspecified atom stereocenters. The number of carbonyl (C=O) groups is 1. The Morgan fingerprint density at radius 1 is 1.14 bits per heavy atom. The zero-order chi connectivity index (χ0) is 15.0. The van der Waals surface area contributed by atoms with Gasteiger partial charge in [-0.1, -0.05) is 12.1 Å². The lowest BCUT2D eigenvalue weighted by molar-refractivity contribution is 0.0695. The number of aromatic nitrogens is 2. The van der Waals surface area contributed by atoms with E-state index in [2.05, 4.69) is 9.97 Å². The van der Waals surface area contributed by atoms with Gasteiger partial charge in [-0.05, 0) is 30.3 Å². The molecule has 0 aliphatic heterocycles. The van der Waals surface area contributed by atoms with E-state index in [0.29, 0.717) is 16.6 Å². The van der Waals surface area contributed by atoms with Gasteiger partial charge in [0.05, 0.1) is 5.69 Å². The molecule has 0 atom stereocenters. The highest BCUT2D eigenvalue weighted by Gasteiger charge is 2.12. The van der Waals surface area contributed by atoms with Crippen LogP contribution in [0.15, 0.2) is 47.3 Å². The smallest absolute Gasteiger partial charge is 0.341 e. The topological polar surface area (TPSA) is 103 Å². The van der Waals surface area contributed by atoms with Crippen molar-refractivity contribution in [3.63, 3.8) is 0 Å². The largest absolute Gasteiger partial charge is 0.507 e. The van der Waals surface area contributed by atoms with Crippen LogP contribution in [0.1, 0.15) is 10.4 Å². The first kappa shape index (κ1) is 12.9. The summed E-state index contributed by atoms with van der Waals surface area (Å²) in [6.45, 7) is 0. The lowest BCUT2D eigenvalue weighted by Gasteiger charge is -2.05. The van der Waals surface area contributed by atoms with Gasteiger partial charge in [0, 0.05) is 10.9 Å². The molecule has 0 aliphatic rings. The van der Waals surface area contributed by atoms with E-state index in [9.17, 15) is 14.7 Å². The number of aromatic hydroxyl groups is 1. The highest BCUT2D eigenvalue weighted by Crippen LogP contribution is 2.27. The molecule has 2 aromatic heterocycles. The van der Waals surface area contributed by atoms with Gasteiger partial charge in [-0.25, -0.2) is 9.78 Å². The van der Waals surface area contributed by atoms with Gasteiger partial charge < -0.3 is 15.2 Å². The highest BCUT2D eigenvalue weighted by atomic mass is 16.4. The van der Waals surface area contributed by atoms with E-state index in [1.54, 1.807) is 30.3 Å². The Balaban J connectivity index is 2.22. The first-order valence-corrected chi connectivity index (χ1v) is 6.12. The standard InChI is InChI=1S/C15H10N2O4/c18-12-4-2-1-3-9(12)11-6-5-8-7-10(15(20)21)14(19)17-13(8)16-11/h1-7,18H,(H,20,21)(H,16,17,19). The van der Waals surface area contributed by atoms with Crippen molar-refractivity contribution in [3.8, 4) is 17.0 Å². The number of carboxylic acid groups (broad SMARTS) is 1. The van der Waals surface area contributed by atoms with Crippen LogP contribution in [0.25, 0.3) is 22.3 Å². The normalized spacial score (nSPS) is 10.7. The maximum atomic E-state index is 11.7. The number of fused-ring (bicyclic) bond motifs is 1. The van der Waals surface area contributed by atoms with E-state index in [-0.39, 0.29) is 17.0 Å². The van der Waals surface area contributed by atoms with E-state index in [0.717, 1.165) is 0 Å². The van der Waals surface area contributed by atoms with Crippen LogP contribution < -0.4 is 5.56 Å². The third-order valence-electron chi connectivity index (χ3n) is 3.11. The summed E-state index contributed by atoms with van der Waals surface area (Å²) in [4.78, 5) is 29.3. The van der Waals surface area contributed by atoms with Crippen LogP contribution in [0, 0.1) is 0 Å². The maximum absolute atomic E-state index is 11.7. The fourth-order valence-electron chi connectivity index (χ4n) is 2.08. The van der Waals surface area contributed by atoms with Crippen molar-refractivity contribution in [2.45, 2.75) is 0 Å². The van der Waals surface area contributed by atoms with Gasteiger partial charge in [-0.3, -0.25) is 4.79 Å². The molecule has 0 aliphatic carbocycles. The number of hydrogen-bond acceptors (Lipinski definition) is 4. The molecule has 21 heavy (non-hydrogen) atoms. The zero-order valence-corrected chi connectivity index (χ0v) is 10.7. The molecule has 6 nitrogen and oxygen atoms in total. The minimum atomic E-state index is -1.29. The molecule has 0 spiro atoms. The van der Waals surface area contributed by atoms with Crippen LogP contribution in [-0.2, 0) is 0 Å². The molecule has 104 valence electrons. The molecule has 3 aromatic rings. The molecule has 0 amide bonds. The summed E-state index contributed by atoms with van der Waals surface area (Å²) in [7, 11) is 0. The lowest BCUT2D eigenvalue weighted by atomic mass is 10.1. The molecule has 0 bridgehead atoms. The summed E-state index contributed by atoms with van der Waals surface area (Å²) in [5.41, 5.74) is 0.240. The molecular formula is C15H10N2O4. The maximum Gasteiger partial charge on any atom is 0.341 e. The van der Waals surface area contributed by atoms with Gasteiger partial charge in [-0.15, -0.1) is 0 Å². The van der Waals surface area contributed by atoms with Crippen molar-refractivity contribution in [1.29, 1.82) is 0 Å².